The van der Waals surface area contributed by atoms with Gasteiger partial charge < -0.3 is 5.32 Å². The zero-order chi connectivity index (χ0) is 19.7. The SMILES string of the molecule is CCc1nnc(SCC(=O)Nc2ccc(C(C)C)cc2)c2cc3sccc3n12. The molecule has 0 saturated heterocycles. The molecule has 144 valence electrons. The summed E-state index contributed by atoms with van der Waals surface area (Å²) in [5, 5.41) is 14.6. The second kappa shape index (κ2) is 7.93. The molecule has 3 heterocycles. The largest absolute Gasteiger partial charge is 0.325 e. The van der Waals surface area contributed by atoms with E-state index in [0.717, 1.165) is 34.0 Å². The monoisotopic (exact) mass is 410 g/mol. The molecule has 28 heavy (non-hydrogen) atoms. The van der Waals surface area contributed by atoms with Crippen molar-refractivity contribution in [1.82, 2.24) is 14.6 Å². The summed E-state index contributed by atoms with van der Waals surface area (Å²) in [6, 6.07) is 12.3. The molecule has 0 unspecified atom stereocenters. The third kappa shape index (κ3) is 3.64. The Morgan fingerprint density at radius 3 is 2.68 bits per heavy atom. The van der Waals surface area contributed by atoms with Crippen molar-refractivity contribution in [2.24, 2.45) is 0 Å². The van der Waals surface area contributed by atoms with Gasteiger partial charge in [0.05, 0.1) is 21.5 Å². The van der Waals surface area contributed by atoms with Crippen molar-refractivity contribution in [2.75, 3.05) is 11.1 Å². The van der Waals surface area contributed by atoms with Crippen molar-refractivity contribution in [1.29, 1.82) is 0 Å². The lowest BCUT2D eigenvalue weighted by Gasteiger charge is -2.09. The Balaban J connectivity index is 1.50. The molecule has 4 rings (SSSR count). The smallest absolute Gasteiger partial charge is 0.234 e. The first-order chi connectivity index (χ1) is 13.6. The number of hydrogen-bond donors (Lipinski definition) is 1. The van der Waals surface area contributed by atoms with E-state index in [1.807, 2.05) is 12.1 Å². The molecule has 0 saturated carbocycles. The minimum Gasteiger partial charge on any atom is -0.325 e. The van der Waals surface area contributed by atoms with Crippen molar-refractivity contribution >= 4 is 50.4 Å². The molecule has 0 aliphatic carbocycles. The lowest BCUT2D eigenvalue weighted by atomic mass is 10.0. The van der Waals surface area contributed by atoms with Gasteiger partial charge in [0.1, 0.15) is 10.9 Å². The number of nitrogens with one attached hydrogen (secondary N) is 1. The number of aryl methyl sites for hydroxylation is 1. The zero-order valence-electron chi connectivity index (χ0n) is 16.1. The van der Waals surface area contributed by atoms with E-state index >= 15 is 0 Å². The number of aromatic nitrogens is 3. The van der Waals surface area contributed by atoms with E-state index in [1.54, 1.807) is 11.3 Å². The average Bonchev–Trinajstić information content (AvgIpc) is 3.28. The number of fused-ring (bicyclic) bond motifs is 3. The molecule has 0 spiro atoms. The Bertz CT molecular complexity index is 1130. The van der Waals surface area contributed by atoms with Gasteiger partial charge in [0, 0.05) is 12.1 Å². The molecule has 0 fully saturated rings. The van der Waals surface area contributed by atoms with Gasteiger partial charge in [0.2, 0.25) is 5.91 Å². The van der Waals surface area contributed by atoms with E-state index in [9.17, 15) is 4.79 Å². The Kier molecular flexibility index (Phi) is 5.37. The molecule has 5 nitrogen and oxygen atoms in total. The molecule has 7 heteroatoms. The van der Waals surface area contributed by atoms with Crippen molar-refractivity contribution in [3.63, 3.8) is 0 Å². The highest BCUT2D eigenvalue weighted by Crippen LogP contribution is 2.31. The number of thiophene rings is 1. The number of carbonyl (C=O) groups excluding carboxylic acids is 1. The molecule has 0 bridgehead atoms. The summed E-state index contributed by atoms with van der Waals surface area (Å²) in [6.07, 6.45) is 0.806. The molecule has 4 aromatic rings. The minimum absolute atomic E-state index is 0.0461. The predicted octanol–water partition coefficient (Wildman–Crippen LogP) is 5.36. The van der Waals surface area contributed by atoms with Crippen LogP contribution >= 0.6 is 23.1 Å². The van der Waals surface area contributed by atoms with E-state index in [0.29, 0.717) is 11.7 Å². The Hall–Kier alpha value is -2.38. The maximum absolute atomic E-state index is 12.4. The van der Waals surface area contributed by atoms with Crippen LogP contribution < -0.4 is 5.32 Å². The number of nitrogens with zero attached hydrogens (tertiary/aromatic N) is 3. The predicted molar refractivity (Wildman–Crippen MR) is 118 cm³/mol. The van der Waals surface area contributed by atoms with Crippen LogP contribution in [-0.2, 0) is 11.2 Å². The first-order valence-electron chi connectivity index (χ1n) is 9.33. The highest BCUT2D eigenvalue weighted by molar-refractivity contribution is 8.00. The van der Waals surface area contributed by atoms with E-state index in [-0.39, 0.29) is 5.91 Å². The van der Waals surface area contributed by atoms with Crippen LogP contribution in [0.2, 0.25) is 0 Å². The Morgan fingerprint density at radius 1 is 1.18 bits per heavy atom. The standard InChI is InChI=1S/C21H22N4OS2/c1-4-19-23-24-21(17-11-18-16(25(17)19)9-10-27-18)28-12-20(26)22-15-7-5-14(6-8-15)13(2)3/h5-11,13H,4,12H2,1-3H3,(H,22,26). The first kappa shape index (κ1) is 19.0. The lowest BCUT2D eigenvalue weighted by molar-refractivity contribution is -0.113. The number of anilines is 1. The van der Waals surface area contributed by atoms with Crippen LogP contribution in [0.5, 0.6) is 0 Å². The van der Waals surface area contributed by atoms with E-state index in [1.165, 1.54) is 22.0 Å². The molecule has 0 atom stereocenters. The zero-order valence-corrected chi connectivity index (χ0v) is 17.7. The van der Waals surface area contributed by atoms with Crippen LogP contribution in [0, 0.1) is 0 Å². The fourth-order valence-corrected chi connectivity index (χ4v) is 4.71. The van der Waals surface area contributed by atoms with Crippen LogP contribution in [0.15, 0.2) is 46.8 Å². The van der Waals surface area contributed by atoms with Gasteiger partial charge in [-0.25, -0.2) is 0 Å². The molecular formula is C21H22N4OS2. The third-order valence-corrected chi connectivity index (χ3v) is 6.50. The Labute approximate surface area is 172 Å². The molecule has 3 aromatic heterocycles. The fraction of sp³-hybridized carbons (Fsp3) is 0.286. The molecular weight excluding hydrogens is 388 g/mol. The summed E-state index contributed by atoms with van der Waals surface area (Å²) >= 11 is 3.13. The normalized spacial score (nSPS) is 11.6. The highest BCUT2D eigenvalue weighted by atomic mass is 32.2. The number of amides is 1. The quantitative estimate of drug-likeness (QED) is 0.435. The van der Waals surface area contributed by atoms with Crippen molar-refractivity contribution in [2.45, 2.75) is 38.1 Å². The lowest BCUT2D eigenvalue weighted by Crippen LogP contribution is -2.14. The van der Waals surface area contributed by atoms with Gasteiger partial charge in [0.25, 0.3) is 0 Å². The van der Waals surface area contributed by atoms with Crippen LogP contribution in [0.25, 0.3) is 15.7 Å². The second-order valence-electron chi connectivity index (χ2n) is 6.92. The van der Waals surface area contributed by atoms with E-state index < -0.39 is 0 Å². The summed E-state index contributed by atoms with van der Waals surface area (Å²) in [4.78, 5) is 12.4. The number of thioether (sulfide) groups is 1. The van der Waals surface area contributed by atoms with Crippen molar-refractivity contribution in [3.8, 4) is 0 Å². The van der Waals surface area contributed by atoms with Gasteiger partial charge in [-0.3, -0.25) is 9.20 Å². The summed E-state index contributed by atoms with van der Waals surface area (Å²) in [5.41, 5.74) is 4.25. The Morgan fingerprint density at radius 2 is 1.96 bits per heavy atom. The van der Waals surface area contributed by atoms with E-state index in [4.69, 9.17) is 0 Å². The van der Waals surface area contributed by atoms with Crippen LogP contribution in [0.1, 0.15) is 38.1 Å². The minimum atomic E-state index is -0.0461. The van der Waals surface area contributed by atoms with Crippen molar-refractivity contribution < 1.29 is 4.79 Å². The number of carbonyl (C=O) groups is 1. The van der Waals surface area contributed by atoms with Crippen LogP contribution in [0.4, 0.5) is 5.69 Å². The topological polar surface area (TPSA) is 59.3 Å². The average molecular weight is 411 g/mol. The highest BCUT2D eigenvalue weighted by Gasteiger charge is 2.15. The maximum Gasteiger partial charge on any atom is 0.234 e. The van der Waals surface area contributed by atoms with Gasteiger partial charge in [-0.2, -0.15) is 0 Å². The molecule has 0 aliphatic heterocycles. The summed E-state index contributed by atoms with van der Waals surface area (Å²) < 4.78 is 3.37. The first-order valence-corrected chi connectivity index (χ1v) is 11.2. The van der Waals surface area contributed by atoms with Gasteiger partial charge in [-0.05, 0) is 41.1 Å². The summed E-state index contributed by atoms with van der Waals surface area (Å²) in [6.45, 7) is 6.38. The van der Waals surface area contributed by atoms with Gasteiger partial charge in [0.15, 0.2) is 0 Å². The van der Waals surface area contributed by atoms with Gasteiger partial charge in [-0.15, -0.1) is 21.5 Å². The molecule has 0 radical (unpaired) electrons. The molecule has 0 aliphatic rings. The van der Waals surface area contributed by atoms with Crippen LogP contribution in [0.3, 0.4) is 0 Å². The van der Waals surface area contributed by atoms with E-state index in [2.05, 4.69) is 70.3 Å². The second-order valence-corrected chi connectivity index (χ2v) is 8.84. The summed E-state index contributed by atoms with van der Waals surface area (Å²) in [7, 11) is 0. The number of benzene rings is 1. The molecule has 1 N–H and O–H groups in total. The maximum atomic E-state index is 12.4. The number of hydrogen-bond acceptors (Lipinski definition) is 5. The summed E-state index contributed by atoms with van der Waals surface area (Å²) in [5.74, 6) is 1.65. The van der Waals surface area contributed by atoms with Crippen LogP contribution in [-0.4, -0.2) is 26.3 Å². The number of rotatable bonds is 6. The van der Waals surface area contributed by atoms with Crippen molar-refractivity contribution in [3.05, 3.63) is 53.2 Å². The fourth-order valence-electron chi connectivity index (χ4n) is 3.17. The van der Waals surface area contributed by atoms with Gasteiger partial charge in [-0.1, -0.05) is 44.7 Å². The molecule has 1 aromatic carbocycles. The third-order valence-electron chi connectivity index (χ3n) is 4.67. The van der Waals surface area contributed by atoms with Gasteiger partial charge >= 0.3 is 0 Å². The molecule has 1 amide bonds.